The van der Waals surface area contributed by atoms with E-state index in [1.54, 1.807) is 0 Å². The second-order valence-electron chi connectivity index (χ2n) is 6.05. The summed E-state index contributed by atoms with van der Waals surface area (Å²) in [6, 6.07) is 0. The SMILES string of the molecule is C=N.CC.CC1CCC(C/C=C(/N)NC(C)(C)C)C1. The van der Waals surface area contributed by atoms with Crippen LogP contribution >= 0.6 is 0 Å². The zero-order valence-electron chi connectivity index (χ0n) is 13.8. The third-order valence-corrected chi connectivity index (χ3v) is 2.99. The molecule has 3 nitrogen and oxygen atoms in total. The first-order valence-corrected chi connectivity index (χ1v) is 7.46. The topological polar surface area (TPSA) is 61.9 Å². The smallest absolute Gasteiger partial charge is 0.0922 e. The highest BCUT2D eigenvalue weighted by Gasteiger charge is 2.20. The Morgan fingerprint density at radius 3 is 2.21 bits per heavy atom. The highest BCUT2D eigenvalue weighted by Crippen LogP contribution is 2.32. The minimum absolute atomic E-state index is 0.0730. The van der Waals surface area contributed by atoms with E-state index < -0.39 is 0 Å². The Labute approximate surface area is 120 Å². The van der Waals surface area contributed by atoms with E-state index in [0.29, 0.717) is 0 Å². The van der Waals surface area contributed by atoms with Gasteiger partial charge in [0.25, 0.3) is 0 Å². The lowest BCUT2D eigenvalue weighted by molar-refractivity contribution is 0.464. The van der Waals surface area contributed by atoms with Crippen LogP contribution < -0.4 is 11.1 Å². The number of rotatable bonds is 3. The summed E-state index contributed by atoms with van der Waals surface area (Å²) in [5.41, 5.74) is 6.00. The normalized spacial score (nSPS) is 22.7. The van der Waals surface area contributed by atoms with Crippen molar-refractivity contribution in [1.29, 1.82) is 5.41 Å². The van der Waals surface area contributed by atoms with Crippen molar-refractivity contribution < 1.29 is 0 Å². The van der Waals surface area contributed by atoms with Crippen molar-refractivity contribution in [3.63, 3.8) is 0 Å². The van der Waals surface area contributed by atoms with Gasteiger partial charge in [-0.2, -0.15) is 0 Å². The molecule has 0 spiro atoms. The monoisotopic (exact) mass is 269 g/mol. The van der Waals surface area contributed by atoms with Gasteiger partial charge in [0.1, 0.15) is 0 Å². The van der Waals surface area contributed by atoms with Crippen LogP contribution in [0.4, 0.5) is 0 Å². The second-order valence-corrected chi connectivity index (χ2v) is 6.05. The molecular weight excluding hydrogens is 234 g/mol. The van der Waals surface area contributed by atoms with Crippen molar-refractivity contribution in [3.8, 4) is 0 Å². The lowest BCUT2D eigenvalue weighted by atomic mass is 10.0. The third kappa shape index (κ3) is 11.8. The lowest BCUT2D eigenvalue weighted by Gasteiger charge is -2.22. The Morgan fingerprint density at radius 2 is 1.84 bits per heavy atom. The van der Waals surface area contributed by atoms with Crippen LogP contribution in [0.5, 0.6) is 0 Å². The molecule has 19 heavy (non-hydrogen) atoms. The first kappa shape index (κ1) is 20.3. The minimum Gasteiger partial charge on any atom is -0.386 e. The van der Waals surface area contributed by atoms with Gasteiger partial charge in [-0.3, -0.25) is 0 Å². The summed E-state index contributed by atoms with van der Waals surface area (Å²) in [4.78, 5) is 0. The number of hydrogen-bond acceptors (Lipinski definition) is 3. The molecule has 2 atom stereocenters. The van der Waals surface area contributed by atoms with E-state index in [1.165, 1.54) is 19.3 Å². The molecule has 0 aromatic carbocycles. The van der Waals surface area contributed by atoms with Crippen LogP contribution in [0.15, 0.2) is 11.9 Å². The van der Waals surface area contributed by atoms with Gasteiger partial charge >= 0.3 is 0 Å². The van der Waals surface area contributed by atoms with Crippen LogP contribution in [-0.2, 0) is 0 Å². The molecular formula is C16H35N3. The van der Waals surface area contributed by atoms with Gasteiger partial charge in [0.2, 0.25) is 0 Å². The predicted molar refractivity (Wildman–Crippen MR) is 87.5 cm³/mol. The van der Waals surface area contributed by atoms with Crippen LogP contribution in [0.1, 0.15) is 67.2 Å². The molecule has 0 heterocycles. The first-order chi connectivity index (χ1) is 8.87. The molecule has 1 fully saturated rings. The molecule has 0 aromatic heterocycles. The van der Waals surface area contributed by atoms with Crippen LogP contribution in [0.3, 0.4) is 0 Å². The summed E-state index contributed by atoms with van der Waals surface area (Å²) < 4.78 is 0. The molecule has 0 radical (unpaired) electrons. The zero-order valence-corrected chi connectivity index (χ0v) is 13.8. The fourth-order valence-corrected chi connectivity index (χ4v) is 2.32. The summed E-state index contributed by atoms with van der Waals surface area (Å²) in [7, 11) is 0. The Morgan fingerprint density at radius 1 is 1.32 bits per heavy atom. The van der Waals surface area contributed by atoms with E-state index in [2.05, 4.69) is 45.8 Å². The van der Waals surface area contributed by atoms with Gasteiger partial charge in [-0.25, -0.2) is 0 Å². The van der Waals surface area contributed by atoms with Crippen LogP contribution in [0, 0.1) is 17.2 Å². The van der Waals surface area contributed by atoms with Crippen molar-refractivity contribution in [1.82, 2.24) is 5.32 Å². The molecule has 0 aromatic rings. The van der Waals surface area contributed by atoms with Gasteiger partial charge in [-0.15, -0.1) is 0 Å². The highest BCUT2D eigenvalue weighted by atomic mass is 15.0. The van der Waals surface area contributed by atoms with Crippen LogP contribution in [-0.4, -0.2) is 12.3 Å². The van der Waals surface area contributed by atoms with E-state index in [1.807, 2.05) is 13.8 Å². The maximum Gasteiger partial charge on any atom is 0.0922 e. The molecule has 114 valence electrons. The summed E-state index contributed by atoms with van der Waals surface area (Å²) in [5, 5.41) is 8.79. The van der Waals surface area contributed by atoms with E-state index in [-0.39, 0.29) is 5.54 Å². The number of nitrogens with one attached hydrogen (secondary N) is 2. The van der Waals surface area contributed by atoms with Gasteiger partial charge in [-0.05, 0) is 64.7 Å². The fourth-order valence-electron chi connectivity index (χ4n) is 2.32. The number of hydrogen-bond donors (Lipinski definition) is 3. The van der Waals surface area contributed by atoms with Crippen molar-refractivity contribution in [2.75, 3.05) is 0 Å². The molecule has 0 aliphatic heterocycles. The fraction of sp³-hybridized carbons (Fsp3) is 0.812. The molecule has 0 bridgehead atoms. The molecule has 0 saturated heterocycles. The maximum absolute atomic E-state index is 5.92. The van der Waals surface area contributed by atoms with Gasteiger partial charge in [-0.1, -0.05) is 27.2 Å². The van der Waals surface area contributed by atoms with E-state index in [9.17, 15) is 0 Å². The molecule has 1 aliphatic rings. The molecule has 1 rings (SSSR count). The van der Waals surface area contributed by atoms with Crippen molar-refractivity contribution >= 4 is 6.72 Å². The van der Waals surface area contributed by atoms with Crippen molar-refractivity contribution in [2.24, 2.45) is 17.6 Å². The average molecular weight is 269 g/mol. The van der Waals surface area contributed by atoms with E-state index >= 15 is 0 Å². The van der Waals surface area contributed by atoms with Crippen molar-refractivity contribution in [2.45, 2.75) is 72.8 Å². The molecule has 1 saturated carbocycles. The van der Waals surface area contributed by atoms with E-state index in [0.717, 1.165) is 24.1 Å². The summed E-state index contributed by atoms with van der Waals surface area (Å²) in [6.07, 6.45) is 7.44. The highest BCUT2D eigenvalue weighted by molar-refractivity contribution is 5.15. The Hall–Kier alpha value is -0.990. The zero-order chi connectivity index (χ0) is 15.5. The summed E-state index contributed by atoms with van der Waals surface area (Å²) in [6.45, 7) is 15.2. The summed E-state index contributed by atoms with van der Waals surface area (Å²) in [5.74, 6) is 2.61. The molecule has 2 unspecified atom stereocenters. The molecule has 0 amide bonds. The molecule has 4 N–H and O–H groups in total. The van der Waals surface area contributed by atoms with Gasteiger partial charge in [0.05, 0.1) is 5.82 Å². The Bertz CT molecular complexity index is 241. The number of nitrogens with two attached hydrogens (primary N) is 1. The van der Waals surface area contributed by atoms with Gasteiger partial charge in [0, 0.05) is 5.54 Å². The number of allylic oxidation sites excluding steroid dienone is 1. The summed E-state index contributed by atoms with van der Waals surface area (Å²) >= 11 is 0. The van der Waals surface area contributed by atoms with Crippen LogP contribution in [0.25, 0.3) is 0 Å². The van der Waals surface area contributed by atoms with E-state index in [4.69, 9.17) is 11.1 Å². The maximum atomic E-state index is 5.92. The Kier molecular flexibility index (Phi) is 11.7. The van der Waals surface area contributed by atoms with Crippen molar-refractivity contribution in [3.05, 3.63) is 11.9 Å². The Balaban J connectivity index is 0. The molecule has 1 aliphatic carbocycles. The second kappa shape index (κ2) is 10.9. The predicted octanol–water partition coefficient (Wildman–Crippen LogP) is 4.29. The lowest BCUT2D eigenvalue weighted by Crippen LogP contribution is -2.38. The standard InChI is InChI=1S/C13H26N2.C2H6.CH3N/c1-10-5-6-11(9-10)7-8-12(14)15-13(2,3)4;2*1-2/h8,10-11,15H,5-7,9,14H2,1-4H3;1-2H3;2H,1H2/b12-8-;;. The largest absolute Gasteiger partial charge is 0.386 e. The van der Waals surface area contributed by atoms with Crippen LogP contribution in [0.2, 0.25) is 0 Å². The quantitative estimate of drug-likeness (QED) is 0.669. The molecule has 3 heteroatoms. The van der Waals surface area contributed by atoms with Gasteiger partial charge in [0.15, 0.2) is 0 Å². The van der Waals surface area contributed by atoms with Gasteiger partial charge < -0.3 is 16.5 Å². The third-order valence-electron chi connectivity index (χ3n) is 2.99. The average Bonchev–Trinajstić information content (AvgIpc) is 2.76. The minimum atomic E-state index is 0.0730. The first-order valence-electron chi connectivity index (χ1n) is 7.46.